The van der Waals surface area contributed by atoms with Gasteiger partial charge in [-0.15, -0.1) is 0 Å². The van der Waals surface area contributed by atoms with E-state index in [2.05, 4.69) is 10.2 Å². The van der Waals surface area contributed by atoms with Gasteiger partial charge in [0, 0.05) is 48.7 Å². The molecule has 0 amide bonds. The van der Waals surface area contributed by atoms with Gasteiger partial charge >= 0.3 is 0 Å². The van der Waals surface area contributed by atoms with E-state index in [9.17, 15) is 0 Å². The van der Waals surface area contributed by atoms with Crippen molar-refractivity contribution in [2.75, 3.05) is 39.3 Å². The fourth-order valence-corrected chi connectivity index (χ4v) is 4.12. The van der Waals surface area contributed by atoms with E-state index in [-0.39, 0.29) is 0 Å². The number of furan rings is 1. The Morgan fingerprint density at radius 2 is 1.58 bits per heavy atom. The molecule has 1 N–H and O–H groups in total. The molecule has 5 rings (SSSR count). The topological polar surface area (TPSA) is 46.9 Å². The van der Waals surface area contributed by atoms with Crippen LogP contribution >= 0.6 is 11.6 Å². The monoisotopic (exact) mass is 462 g/mol. The summed E-state index contributed by atoms with van der Waals surface area (Å²) in [6.07, 6.45) is 1.03. The number of halogens is 1. The molecule has 0 bridgehead atoms. The Bertz CT molecular complexity index is 1180. The number of fused-ring (bicyclic) bond motifs is 1. The van der Waals surface area contributed by atoms with Crippen molar-refractivity contribution in [3.8, 4) is 28.6 Å². The van der Waals surface area contributed by atoms with Crippen molar-refractivity contribution < 1.29 is 13.9 Å². The molecule has 6 heteroatoms. The van der Waals surface area contributed by atoms with Gasteiger partial charge in [-0.3, -0.25) is 0 Å². The van der Waals surface area contributed by atoms with E-state index in [1.54, 1.807) is 0 Å². The van der Waals surface area contributed by atoms with Gasteiger partial charge in [0.05, 0.1) is 6.61 Å². The number of hydrogen-bond acceptors (Lipinski definition) is 5. The van der Waals surface area contributed by atoms with Crippen molar-refractivity contribution in [1.82, 2.24) is 10.2 Å². The molecule has 1 fully saturated rings. The van der Waals surface area contributed by atoms with E-state index in [4.69, 9.17) is 25.5 Å². The third-order valence-corrected chi connectivity index (χ3v) is 6.02. The van der Waals surface area contributed by atoms with Gasteiger partial charge in [0.1, 0.15) is 28.6 Å². The number of nitrogens with zero attached hydrogens (tertiary/aromatic N) is 1. The zero-order chi connectivity index (χ0) is 22.5. The van der Waals surface area contributed by atoms with Crippen molar-refractivity contribution in [1.29, 1.82) is 0 Å². The third-order valence-electron chi connectivity index (χ3n) is 5.77. The summed E-state index contributed by atoms with van der Waals surface area (Å²) in [7, 11) is 0. The largest absolute Gasteiger partial charge is 0.494 e. The molecule has 0 spiro atoms. The highest BCUT2D eigenvalue weighted by atomic mass is 35.5. The number of benzene rings is 3. The molecule has 2 heterocycles. The van der Waals surface area contributed by atoms with Crippen LogP contribution in [0.1, 0.15) is 6.42 Å². The Labute approximate surface area is 198 Å². The van der Waals surface area contributed by atoms with Crippen LogP contribution in [0.3, 0.4) is 0 Å². The molecule has 0 saturated carbocycles. The van der Waals surface area contributed by atoms with Gasteiger partial charge in [0.15, 0.2) is 0 Å². The van der Waals surface area contributed by atoms with E-state index >= 15 is 0 Å². The zero-order valence-electron chi connectivity index (χ0n) is 18.4. The normalized spacial score (nSPS) is 14.5. The summed E-state index contributed by atoms with van der Waals surface area (Å²) in [6.45, 7) is 6.23. The first kappa shape index (κ1) is 21.8. The molecule has 3 aromatic carbocycles. The standard InChI is InChI=1S/C27H27ClN2O3/c28-22-4-8-24(9-5-22)32-25-10-11-26-21(18-25)19-27(33-26)20-2-6-23(7-3-20)31-17-1-14-30-15-12-29-13-16-30/h2-11,18-19,29H,1,12-17H2. The smallest absolute Gasteiger partial charge is 0.135 e. The Morgan fingerprint density at radius 3 is 2.36 bits per heavy atom. The number of rotatable bonds is 8. The average Bonchev–Trinajstić information content (AvgIpc) is 3.28. The van der Waals surface area contributed by atoms with E-state index in [0.29, 0.717) is 5.02 Å². The Balaban J connectivity index is 1.19. The first-order valence-corrected chi connectivity index (χ1v) is 11.7. The number of nitrogens with one attached hydrogen (secondary N) is 1. The maximum Gasteiger partial charge on any atom is 0.135 e. The quantitative estimate of drug-likeness (QED) is 0.315. The number of piperazine rings is 1. The van der Waals surface area contributed by atoms with Crippen LogP contribution in [0.2, 0.25) is 5.02 Å². The summed E-state index contributed by atoms with van der Waals surface area (Å²) in [5.41, 5.74) is 1.83. The van der Waals surface area contributed by atoms with Crippen molar-refractivity contribution in [3.05, 3.63) is 77.8 Å². The highest BCUT2D eigenvalue weighted by molar-refractivity contribution is 6.30. The maximum absolute atomic E-state index is 6.06. The van der Waals surface area contributed by atoms with Crippen LogP contribution in [0.5, 0.6) is 17.2 Å². The zero-order valence-corrected chi connectivity index (χ0v) is 19.2. The number of ether oxygens (including phenoxy) is 2. The van der Waals surface area contributed by atoms with Gasteiger partial charge < -0.3 is 24.1 Å². The van der Waals surface area contributed by atoms with Gasteiger partial charge in [-0.05, 0) is 79.2 Å². The highest BCUT2D eigenvalue weighted by Crippen LogP contribution is 2.32. The van der Waals surface area contributed by atoms with Gasteiger partial charge in [0.2, 0.25) is 0 Å². The molecule has 5 nitrogen and oxygen atoms in total. The molecule has 1 saturated heterocycles. The lowest BCUT2D eigenvalue weighted by molar-refractivity contribution is 0.214. The van der Waals surface area contributed by atoms with Gasteiger partial charge in [-0.2, -0.15) is 0 Å². The fourth-order valence-electron chi connectivity index (χ4n) is 3.99. The second kappa shape index (κ2) is 10.3. The molecule has 1 aliphatic heterocycles. The first-order chi connectivity index (χ1) is 16.2. The second-order valence-corrected chi connectivity index (χ2v) is 8.62. The lowest BCUT2D eigenvalue weighted by Crippen LogP contribution is -2.43. The van der Waals surface area contributed by atoms with Crippen LogP contribution < -0.4 is 14.8 Å². The lowest BCUT2D eigenvalue weighted by atomic mass is 10.1. The minimum absolute atomic E-state index is 0.684. The van der Waals surface area contributed by atoms with Crippen molar-refractivity contribution in [2.45, 2.75) is 6.42 Å². The molecular formula is C27H27ClN2O3. The summed E-state index contributed by atoms with van der Waals surface area (Å²) in [4.78, 5) is 2.48. The van der Waals surface area contributed by atoms with Crippen LogP contribution in [-0.4, -0.2) is 44.2 Å². The minimum Gasteiger partial charge on any atom is -0.494 e. The minimum atomic E-state index is 0.684. The van der Waals surface area contributed by atoms with Crippen molar-refractivity contribution in [2.24, 2.45) is 0 Å². The molecule has 4 aromatic rings. The summed E-state index contributed by atoms with van der Waals surface area (Å²) in [5.74, 6) is 3.19. The lowest BCUT2D eigenvalue weighted by Gasteiger charge is -2.26. The summed E-state index contributed by atoms with van der Waals surface area (Å²) < 4.78 is 17.9. The second-order valence-electron chi connectivity index (χ2n) is 8.18. The van der Waals surface area contributed by atoms with E-state index in [1.807, 2.05) is 72.8 Å². The average molecular weight is 463 g/mol. The Morgan fingerprint density at radius 1 is 0.848 bits per heavy atom. The molecule has 170 valence electrons. The molecular weight excluding hydrogens is 436 g/mol. The summed E-state index contributed by atoms with van der Waals surface area (Å²) in [5, 5.41) is 5.06. The Hall–Kier alpha value is -2.99. The molecule has 0 aliphatic carbocycles. The van der Waals surface area contributed by atoms with Crippen LogP contribution in [0.25, 0.3) is 22.3 Å². The van der Waals surface area contributed by atoms with Gasteiger partial charge in [-0.1, -0.05) is 11.6 Å². The van der Waals surface area contributed by atoms with Gasteiger partial charge in [0.25, 0.3) is 0 Å². The van der Waals surface area contributed by atoms with Crippen LogP contribution in [-0.2, 0) is 0 Å². The predicted molar refractivity (Wildman–Crippen MR) is 133 cm³/mol. The molecule has 33 heavy (non-hydrogen) atoms. The van der Waals surface area contributed by atoms with Crippen LogP contribution in [0.4, 0.5) is 0 Å². The van der Waals surface area contributed by atoms with E-state index < -0.39 is 0 Å². The van der Waals surface area contributed by atoms with Crippen molar-refractivity contribution >= 4 is 22.6 Å². The van der Waals surface area contributed by atoms with Crippen LogP contribution in [0, 0.1) is 0 Å². The maximum atomic E-state index is 6.06. The van der Waals surface area contributed by atoms with E-state index in [0.717, 1.165) is 85.3 Å². The SMILES string of the molecule is Clc1ccc(Oc2ccc3oc(-c4ccc(OCCCN5CCNCC5)cc4)cc3c2)cc1. The molecule has 0 atom stereocenters. The van der Waals surface area contributed by atoms with Crippen LogP contribution in [0.15, 0.2) is 77.2 Å². The summed E-state index contributed by atoms with van der Waals surface area (Å²) in [6, 6.07) is 23.2. The van der Waals surface area contributed by atoms with Crippen molar-refractivity contribution in [3.63, 3.8) is 0 Å². The third kappa shape index (κ3) is 5.69. The van der Waals surface area contributed by atoms with E-state index in [1.165, 1.54) is 0 Å². The molecule has 0 radical (unpaired) electrons. The Kier molecular flexibility index (Phi) is 6.81. The number of hydrogen-bond donors (Lipinski definition) is 1. The molecule has 1 aromatic heterocycles. The predicted octanol–water partition coefficient (Wildman–Crippen LogP) is 6.22. The molecule has 1 aliphatic rings. The summed E-state index contributed by atoms with van der Waals surface area (Å²) >= 11 is 5.94. The highest BCUT2D eigenvalue weighted by Gasteiger charge is 2.10. The molecule has 0 unspecified atom stereocenters. The fraction of sp³-hybridized carbons (Fsp3) is 0.259. The first-order valence-electron chi connectivity index (χ1n) is 11.4. The van der Waals surface area contributed by atoms with Gasteiger partial charge in [-0.25, -0.2) is 0 Å².